The van der Waals surface area contributed by atoms with E-state index in [9.17, 15) is 14.9 Å². The van der Waals surface area contributed by atoms with Gasteiger partial charge in [0.2, 0.25) is 0 Å². The van der Waals surface area contributed by atoms with Crippen LogP contribution in [-0.4, -0.2) is 85.8 Å². The predicted octanol–water partition coefficient (Wildman–Crippen LogP) is 7.05. The van der Waals surface area contributed by atoms with Gasteiger partial charge in [-0.15, -0.1) is 0 Å². The Balaban J connectivity index is 1.47. The van der Waals surface area contributed by atoms with Gasteiger partial charge in [0, 0.05) is 31.0 Å². The number of carbonyl (C=O) groups is 2. The molecular formula is C41H64BNO8. The van der Waals surface area contributed by atoms with E-state index in [1.807, 2.05) is 26.0 Å². The van der Waals surface area contributed by atoms with Crippen LogP contribution in [0.5, 0.6) is 0 Å². The van der Waals surface area contributed by atoms with Gasteiger partial charge in [0.05, 0.1) is 58.4 Å². The summed E-state index contributed by atoms with van der Waals surface area (Å²) in [6, 6.07) is 2.22. The summed E-state index contributed by atoms with van der Waals surface area (Å²) in [5.41, 5.74) is -0.350. The highest BCUT2D eigenvalue weighted by Crippen LogP contribution is 2.75. The van der Waals surface area contributed by atoms with E-state index >= 15 is 0 Å². The summed E-state index contributed by atoms with van der Waals surface area (Å²) in [4.78, 5) is 28.4. The molecule has 10 heteroatoms. The molecule has 0 unspecified atom stereocenters. The third-order valence-electron chi connectivity index (χ3n) is 14.5. The number of hydrogen-bond donors (Lipinski definition) is 0. The smallest absolute Gasteiger partial charge is 0.409 e. The van der Waals surface area contributed by atoms with Gasteiger partial charge in [-0.1, -0.05) is 60.1 Å². The average molecular weight is 710 g/mol. The number of nitriles is 1. The van der Waals surface area contributed by atoms with Gasteiger partial charge in [-0.25, -0.2) is 0 Å². The van der Waals surface area contributed by atoms with Crippen molar-refractivity contribution in [3.05, 3.63) is 23.3 Å². The van der Waals surface area contributed by atoms with Gasteiger partial charge >= 0.3 is 7.12 Å². The standard InChI is InChI=1S/C41H64BNO8/c1-36(2)12-14-41(28-42(50-22-20-48-18-16-46-8)51-23-21-49-19-17-47-9)15-13-40(7)34(30(41)26-36)31(44)24-33-38(5)25-29(27-43)35(45)37(3,4)32(38)10-11-39(33,40)6/h24-25,30,32,34H,10-23,26,28H2,1-9H3/t30-,32-,34-,38-,39+,40+,41+/m0/s1. The molecule has 5 aliphatic rings. The van der Waals surface area contributed by atoms with Crippen molar-refractivity contribution in [3.63, 3.8) is 0 Å². The maximum absolute atomic E-state index is 15.0. The van der Waals surface area contributed by atoms with Crippen molar-refractivity contribution in [2.24, 2.45) is 50.2 Å². The lowest BCUT2D eigenvalue weighted by molar-refractivity contribution is -0.169. The second kappa shape index (κ2) is 15.5. The largest absolute Gasteiger partial charge is 0.457 e. The lowest BCUT2D eigenvalue weighted by Crippen LogP contribution is -2.65. The Hall–Kier alpha value is -1.87. The second-order valence-electron chi connectivity index (χ2n) is 18.2. The van der Waals surface area contributed by atoms with Crippen LogP contribution in [0.15, 0.2) is 23.3 Å². The Labute approximate surface area is 307 Å². The molecule has 0 aromatic rings. The molecular weight excluding hydrogens is 645 g/mol. The van der Waals surface area contributed by atoms with Crippen molar-refractivity contribution in [1.82, 2.24) is 0 Å². The number of carbonyl (C=O) groups excluding carboxylic acids is 2. The third kappa shape index (κ3) is 7.34. The molecule has 0 bridgehead atoms. The van der Waals surface area contributed by atoms with Gasteiger partial charge in [0.15, 0.2) is 11.6 Å². The van der Waals surface area contributed by atoms with E-state index in [1.165, 1.54) is 0 Å². The molecule has 0 N–H and O–H groups in total. The summed E-state index contributed by atoms with van der Waals surface area (Å²) in [7, 11) is 2.88. The topological polar surface area (TPSA) is 113 Å². The SMILES string of the molecule is COCCOCCOB(C[C@]12CCC(C)(C)C[C@H]1[C@H]1C(=O)C=C3[C@@]4(C)C=C(C#N)C(=O)C(C)(C)[C@@H]4CC[C@@]3(C)[C@]1(C)CC2)OCCOCCOC. The number of fused-ring (bicyclic) bond motifs is 7. The Morgan fingerprint density at radius 1 is 0.804 bits per heavy atom. The molecule has 0 radical (unpaired) electrons. The molecule has 0 aliphatic heterocycles. The van der Waals surface area contributed by atoms with E-state index in [1.54, 1.807) is 14.2 Å². The summed E-state index contributed by atoms with van der Waals surface area (Å²) in [6.07, 6.45) is 11.5. The van der Waals surface area contributed by atoms with Crippen molar-refractivity contribution >= 4 is 18.7 Å². The number of Topliss-reactive ketones (excluding diaryl/α,β-unsaturated/α-hetero) is 1. The first-order valence-corrected chi connectivity index (χ1v) is 19.4. The molecule has 0 amide bonds. The quantitative estimate of drug-likeness (QED) is 0.123. The van der Waals surface area contributed by atoms with Crippen molar-refractivity contribution in [3.8, 4) is 6.07 Å². The fraction of sp³-hybridized carbons (Fsp3) is 0.829. The van der Waals surface area contributed by atoms with E-state index < -0.39 is 17.9 Å². The van der Waals surface area contributed by atoms with E-state index in [0.717, 1.165) is 56.8 Å². The van der Waals surface area contributed by atoms with Gasteiger partial charge in [-0.2, -0.15) is 5.26 Å². The van der Waals surface area contributed by atoms with E-state index in [-0.39, 0.29) is 56.6 Å². The molecule has 7 atom stereocenters. The zero-order valence-electron chi connectivity index (χ0n) is 33.0. The Morgan fingerprint density at radius 3 is 1.98 bits per heavy atom. The summed E-state index contributed by atoms with van der Waals surface area (Å²) in [5.74, 6) is 0.222. The van der Waals surface area contributed by atoms with Crippen LogP contribution < -0.4 is 0 Å². The first-order valence-electron chi connectivity index (χ1n) is 19.4. The molecule has 51 heavy (non-hydrogen) atoms. The predicted molar refractivity (Wildman–Crippen MR) is 197 cm³/mol. The lowest BCUT2D eigenvalue weighted by Gasteiger charge is -2.69. The third-order valence-corrected chi connectivity index (χ3v) is 14.5. The molecule has 0 saturated heterocycles. The van der Waals surface area contributed by atoms with Crippen LogP contribution >= 0.6 is 0 Å². The van der Waals surface area contributed by atoms with Crippen LogP contribution in [0.1, 0.15) is 93.4 Å². The summed E-state index contributed by atoms with van der Waals surface area (Å²) in [6.45, 7) is 19.5. The van der Waals surface area contributed by atoms with Gasteiger partial charge in [0.1, 0.15) is 6.07 Å². The zero-order chi connectivity index (χ0) is 37.3. The van der Waals surface area contributed by atoms with Crippen molar-refractivity contribution in [2.45, 2.75) is 99.7 Å². The first-order chi connectivity index (χ1) is 24.0. The molecule has 284 valence electrons. The van der Waals surface area contributed by atoms with E-state index in [4.69, 9.17) is 28.3 Å². The number of ether oxygens (including phenoxy) is 4. The van der Waals surface area contributed by atoms with E-state index in [0.29, 0.717) is 52.9 Å². The number of allylic oxidation sites excluding steroid dienone is 4. The lowest BCUT2D eigenvalue weighted by atomic mass is 9.33. The molecule has 0 spiro atoms. The minimum atomic E-state index is -0.675. The first kappa shape index (κ1) is 40.3. The Kier molecular flexibility index (Phi) is 12.2. The fourth-order valence-corrected chi connectivity index (χ4v) is 11.6. The summed E-state index contributed by atoms with van der Waals surface area (Å²) in [5, 5.41) is 10.1. The number of methoxy groups -OCH3 is 2. The fourth-order valence-electron chi connectivity index (χ4n) is 11.6. The number of rotatable bonds is 16. The summed E-state index contributed by atoms with van der Waals surface area (Å²) >= 11 is 0. The van der Waals surface area contributed by atoms with Crippen molar-refractivity contribution in [1.29, 1.82) is 5.26 Å². The van der Waals surface area contributed by atoms with Crippen LogP contribution in [0.2, 0.25) is 6.32 Å². The number of hydrogen-bond acceptors (Lipinski definition) is 9. The normalized spacial score (nSPS) is 36.5. The van der Waals surface area contributed by atoms with Crippen LogP contribution in [0.4, 0.5) is 0 Å². The molecule has 5 rings (SSSR count). The van der Waals surface area contributed by atoms with Gasteiger partial charge < -0.3 is 28.3 Å². The molecule has 0 aromatic heterocycles. The highest BCUT2D eigenvalue weighted by molar-refractivity contribution is 6.44. The van der Waals surface area contributed by atoms with Crippen LogP contribution in [0, 0.1) is 61.6 Å². The number of ketones is 2. The molecule has 0 heterocycles. The van der Waals surface area contributed by atoms with Gasteiger partial charge in [-0.05, 0) is 90.8 Å². The maximum atomic E-state index is 15.0. The number of nitrogens with zero attached hydrogens (tertiary/aromatic N) is 1. The van der Waals surface area contributed by atoms with Crippen LogP contribution in [0.25, 0.3) is 0 Å². The van der Waals surface area contributed by atoms with Gasteiger partial charge in [-0.3, -0.25) is 9.59 Å². The van der Waals surface area contributed by atoms with Crippen LogP contribution in [0.3, 0.4) is 0 Å². The average Bonchev–Trinajstić information content (AvgIpc) is 3.07. The molecule has 9 nitrogen and oxygen atoms in total. The maximum Gasteiger partial charge on any atom is 0.457 e. The zero-order valence-corrected chi connectivity index (χ0v) is 33.0. The van der Waals surface area contributed by atoms with Crippen LogP contribution in [-0.2, 0) is 37.8 Å². The van der Waals surface area contributed by atoms with Gasteiger partial charge in [0.25, 0.3) is 0 Å². The monoisotopic (exact) mass is 709 g/mol. The minimum Gasteiger partial charge on any atom is -0.409 e. The second-order valence-corrected chi connectivity index (χ2v) is 18.2. The highest BCUT2D eigenvalue weighted by Gasteiger charge is 2.70. The molecule has 0 aromatic carbocycles. The summed E-state index contributed by atoms with van der Waals surface area (Å²) < 4.78 is 34.6. The molecule has 5 aliphatic carbocycles. The molecule has 3 fully saturated rings. The highest BCUT2D eigenvalue weighted by atomic mass is 16.6. The van der Waals surface area contributed by atoms with E-state index in [2.05, 4.69) is 40.7 Å². The Morgan fingerprint density at radius 2 is 1.39 bits per heavy atom. The van der Waals surface area contributed by atoms with Crippen molar-refractivity contribution in [2.75, 3.05) is 67.1 Å². The molecule has 3 saturated carbocycles. The Bertz CT molecular complexity index is 1390. The minimum absolute atomic E-state index is 0.0326. The van der Waals surface area contributed by atoms with Crippen molar-refractivity contribution < 1.29 is 37.8 Å².